The number of fused-ring (bicyclic) bond motifs is 2. The number of nitrogens with zero attached hydrogens (tertiary/aromatic N) is 4. The van der Waals surface area contributed by atoms with Gasteiger partial charge < -0.3 is 4.90 Å². The van der Waals surface area contributed by atoms with E-state index in [1.807, 2.05) is 18.5 Å². The summed E-state index contributed by atoms with van der Waals surface area (Å²) in [7, 11) is 4.27. The van der Waals surface area contributed by atoms with Crippen molar-refractivity contribution in [2.45, 2.75) is 38.0 Å². The molecule has 0 bridgehead atoms. The second-order valence-electron chi connectivity index (χ2n) is 9.40. The summed E-state index contributed by atoms with van der Waals surface area (Å²) in [5.74, 6) is 2.09. The minimum atomic E-state index is -0.175. The highest BCUT2D eigenvalue weighted by molar-refractivity contribution is 6.04. The third-order valence-corrected chi connectivity index (χ3v) is 7.08. The Morgan fingerprint density at radius 3 is 2.29 bits per heavy atom. The molecule has 1 unspecified atom stereocenters. The van der Waals surface area contributed by atoms with Gasteiger partial charge in [-0.2, -0.15) is 0 Å². The highest BCUT2D eigenvalue weighted by atomic mass is 15.2. The molecule has 2 aliphatic rings. The number of allylic oxidation sites excluding steroid dienone is 2. The van der Waals surface area contributed by atoms with E-state index in [9.17, 15) is 0 Å². The van der Waals surface area contributed by atoms with Crippen LogP contribution in [0.15, 0.2) is 78.8 Å². The van der Waals surface area contributed by atoms with Crippen molar-refractivity contribution in [2.24, 2.45) is 0 Å². The molecule has 1 aromatic carbocycles. The Morgan fingerprint density at radius 2 is 1.58 bits per heavy atom. The number of hydrogen-bond acceptors (Lipinski definition) is 3. The van der Waals surface area contributed by atoms with Gasteiger partial charge in [-0.05, 0) is 55.9 Å². The van der Waals surface area contributed by atoms with E-state index in [1.165, 1.54) is 28.1 Å². The number of likely N-dealkylation sites (N-methyl/N-ethyl adjacent to an activating group) is 1. The number of anilines is 1. The molecular formula is C27H29N4+. The van der Waals surface area contributed by atoms with Crippen LogP contribution in [0.5, 0.6) is 0 Å². The van der Waals surface area contributed by atoms with Crippen LogP contribution in [0.4, 0.5) is 11.6 Å². The van der Waals surface area contributed by atoms with Gasteiger partial charge in [0.15, 0.2) is 0 Å². The first-order valence-corrected chi connectivity index (χ1v) is 10.9. The third kappa shape index (κ3) is 2.85. The lowest BCUT2D eigenvalue weighted by molar-refractivity contribution is -0.406. The van der Waals surface area contributed by atoms with Gasteiger partial charge in [-0.25, -0.2) is 9.56 Å². The average molecular weight is 410 g/mol. The maximum absolute atomic E-state index is 4.75. The van der Waals surface area contributed by atoms with Crippen LogP contribution in [-0.4, -0.2) is 34.4 Å². The van der Waals surface area contributed by atoms with Crippen LogP contribution in [0.3, 0.4) is 0 Å². The normalized spacial score (nSPS) is 22.7. The van der Waals surface area contributed by atoms with Crippen molar-refractivity contribution in [2.75, 3.05) is 19.0 Å². The van der Waals surface area contributed by atoms with Gasteiger partial charge in [0.2, 0.25) is 0 Å². The molecule has 4 heteroatoms. The van der Waals surface area contributed by atoms with Gasteiger partial charge in [-0.1, -0.05) is 36.4 Å². The predicted molar refractivity (Wildman–Crippen MR) is 126 cm³/mol. The minimum absolute atomic E-state index is 0.123. The van der Waals surface area contributed by atoms with Gasteiger partial charge in [0.05, 0.1) is 18.0 Å². The van der Waals surface area contributed by atoms with Crippen LogP contribution < -0.4 is 4.90 Å². The number of benzene rings is 1. The van der Waals surface area contributed by atoms with Crippen molar-refractivity contribution in [1.82, 2.24) is 9.97 Å². The Balaban J connectivity index is 1.69. The molecule has 31 heavy (non-hydrogen) atoms. The van der Waals surface area contributed by atoms with E-state index in [4.69, 9.17) is 4.98 Å². The van der Waals surface area contributed by atoms with E-state index in [-0.39, 0.29) is 10.8 Å². The number of hydrogen-bond donors (Lipinski definition) is 0. The minimum Gasteiger partial charge on any atom is -0.332 e. The van der Waals surface area contributed by atoms with Crippen LogP contribution in [0, 0.1) is 0 Å². The SMILES string of the molecule is CN1C(=CC2=[N+](C)c3ncccc3C2(C)C)C(C)(Cc2ccccc2)c2cccnc21. The fourth-order valence-corrected chi connectivity index (χ4v) is 5.39. The molecule has 0 N–H and O–H groups in total. The maximum Gasteiger partial charge on any atom is 0.327 e. The summed E-state index contributed by atoms with van der Waals surface area (Å²) in [5.41, 5.74) is 6.11. The predicted octanol–water partition coefficient (Wildman–Crippen LogP) is 5.02. The summed E-state index contributed by atoms with van der Waals surface area (Å²) in [4.78, 5) is 11.7. The van der Waals surface area contributed by atoms with Crippen molar-refractivity contribution in [3.63, 3.8) is 0 Å². The lowest BCUT2D eigenvalue weighted by Crippen LogP contribution is -2.33. The first kappa shape index (κ1) is 19.7. The second kappa shape index (κ2) is 6.88. The molecule has 0 aliphatic carbocycles. The Morgan fingerprint density at radius 1 is 0.903 bits per heavy atom. The van der Waals surface area contributed by atoms with E-state index in [1.54, 1.807) is 0 Å². The Hall–Kier alpha value is -3.27. The Labute approximate surface area is 184 Å². The summed E-state index contributed by atoms with van der Waals surface area (Å²) in [6.45, 7) is 6.93. The number of rotatable bonds is 3. The van der Waals surface area contributed by atoms with Crippen molar-refractivity contribution < 1.29 is 4.58 Å². The zero-order chi connectivity index (χ0) is 21.8. The summed E-state index contributed by atoms with van der Waals surface area (Å²) >= 11 is 0. The van der Waals surface area contributed by atoms with Gasteiger partial charge in [-0.15, -0.1) is 0 Å². The Kier molecular flexibility index (Phi) is 4.37. The standard InChI is InChI=1S/C27H29N4/c1-26(2)20-13-9-15-28-24(20)30(4)22(26)17-23-27(3,18-19-11-7-6-8-12-19)21-14-10-16-29-25(21)31(23)5/h6-17H,18H2,1-5H3/q+1. The summed E-state index contributed by atoms with van der Waals surface area (Å²) in [5, 5.41) is 0. The molecule has 156 valence electrons. The van der Waals surface area contributed by atoms with E-state index in [2.05, 4.69) is 104 Å². The monoisotopic (exact) mass is 409 g/mol. The van der Waals surface area contributed by atoms with Crippen LogP contribution in [0.2, 0.25) is 0 Å². The highest BCUT2D eigenvalue weighted by Gasteiger charge is 2.47. The maximum atomic E-state index is 4.75. The number of aromatic nitrogens is 2. The van der Waals surface area contributed by atoms with Crippen LogP contribution in [0.1, 0.15) is 37.5 Å². The van der Waals surface area contributed by atoms with Crippen molar-refractivity contribution in [3.05, 3.63) is 95.5 Å². The summed E-state index contributed by atoms with van der Waals surface area (Å²) in [6, 6.07) is 19.3. The molecule has 2 aliphatic heterocycles. The molecule has 0 saturated heterocycles. The van der Waals surface area contributed by atoms with Gasteiger partial charge in [-0.3, -0.25) is 0 Å². The molecule has 2 aromatic heterocycles. The van der Waals surface area contributed by atoms with Gasteiger partial charge in [0.1, 0.15) is 17.7 Å². The molecule has 0 fully saturated rings. The van der Waals surface area contributed by atoms with Crippen molar-refractivity contribution in [3.8, 4) is 0 Å². The highest BCUT2D eigenvalue weighted by Crippen LogP contribution is 2.49. The van der Waals surface area contributed by atoms with Crippen molar-refractivity contribution >= 4 is 17.3 Å². The van der Waals surface area contributed by atoms with E-state index in [0.29, 0.717) is 0 Å². The second-order valence-corrected chi connectivity index (χ2v) is 9.40. The third-order valence-electron chi connectivity index (χ3n) is 7.08. The Bertz CT molecular complexity index is 1220. The summed E-state index contributed by atoms with van der Waals surface area (Å²) < 4.78 is 2.25. The molecule has 4 heterocycles. The molecule has 0 radical (unpaired) electrons. The first-order chi connectivity index (χ1) is 14.8. The van der Waals surface area contributed by atoms with Crippen LogP contribution >= 0.6 is 0 Å². The lowest BCUT2D eigenvalue weighted by Gasteiger charge is -2.30. The first-order valence-electron chi connectivity index (χ1n) is 10.9. The van der Waals surface area contributed by atoms with Gasteiger partial charge in [0.25, 0.3) is 0 Å². The molecule has 5 rings (SSSR count). The summed E-state index contributed by atoms with van der Waals surface area (Å²) in [6.07, 6.45) is 7.07. The topological polar surface area (TPSA) is 32.0 Å². The molecule has 4 nitrogen and oxygen atoms in total. The average Bonchev–Trinajstić information content (AvgIpc) is 3.10. The zero-order valence-electron chi connectivity index (χ0n) is 18.9. The van der Waals surface area contributed by atoms with Gasteiger partial charge in [0, 0.05) is 36.0 Å². The number of pyridine rings is 2. The lowest BCUT2D eigenvalue weighted by atomic mass is 9.75. The van der Waals surface area contributed by atoms with E-state index < -0.39 is 0 Å². The molecule has 3 aromatic rings. The molecule has 0 saturated carbocycles. The quantitative estimate of drug-likeness (QED) is 0.570. The fourth-order valence-electron chi connectivity index (χ4n) is 5.39. The molecule has 0 amide bonds. The van der Waals surface area contributed by atoms with E-state index in [0.717, 1.165) is 18.1 Å². The smallest absolute Gasteiger partial charge is 0.327 e. The molecular weight excluding hydrogens is 380 g/mol. The molecule has 1 atom stereocenters. The largest absolute Gasteiger partial charge is 0.332 e. The van der Waals surface area contributed by atoms with E-state index >= 15 is 0 Å². The molecule has 0 spiro atoms. The van der Waals surface area contributed by atoms with Crippen LogP contribution in [0.25, 0.3) is 0 Å². The van der Waals surface area contributed by atoms with Gasteiger partial charge >= 0.3 is 5.82 Å². The zero-order valence-corrected chi connectivity index (χ0v) is 18.9. The van der Waals surface area contributed by atoms with Crippen molar-refractivity contribution in [1.29, 1.82) is 0 Å². The fraction of sp³-hybridized carbons (Fsp3) is 0.296. The van der Waals surface area contributed by atoms with Crippen LogP contribution in [-0.2, 0) is 17.3 Å².